The van der Waals surface area contributed by atoms with E-state index in [0.717, 1.165) is 22.7 Å². The van der Waals surface area contributed by atoms with Gasteiger partial charge in [0.05, 0.1) is 0 Å². The molecule has 3 nitrogen and oxygen atoms in total. The minimum Gasteiger partial charge on any atom is -0.457 e. The molecule has 0 amide bonds. The third-order valence-corrected chi connectivity index (χ3v) is 3.18. The lowest BCUT2D eigenvalue weighted by atomic mass is 10.2. The fourth-order valence-electron chi connectivity index (χ4n) is 2.11. The Morgan fingerprint density at radius 3 is 2.14 bits per heavy atom. The quantitative estimate of drug-likeness (QED) is 0.651. The molecular formula is C19H18N2O. The van der Waals surface area contributed by atoms with Crippen molar-refractivity contribution < 1.29 is 4.74 Å². The molecule has 0 atom stereocenters. The molecule has 2 N–H and O–H groups in total. The van der Waals surface area contributed by atoms with Gasteiger partial charge in [0.1, 0.15) is 11.5 Å². The van der Waals surface area contributed by atoms with Crippen LogP contribution in [0.25, 0.3) is 0 Å². The smallest absolute Gasteiger partial charge is 0.127 e. The van der Waals surface area contributed by atoms with Crippen LogP contribution in [-0.4, -0.2) is 0 Å². The summed E-state index contributed by atoms with van der Waals surface area (Å²) in [7, 11) is 0. The topological polar surface area (TPSA) is 33.3 Å². The Labute approximate surface area is 130 Å². The minimum absolute atomic E-state index is 0.709. The number of ether oxygens (including phenoxy) is 1. The first-order valence-electron chi connectivity index (χ1n) is 7.26. The molecule has 0 saturated heterocycles. The summed E-state index contributed by atoms with van der Waals surface area (Å²) in [5.41, 5.74) is 8.57. The lowest BCUT2D eigenvalue weighted by molar-refractivity contribution is 0.481. The predicted octanol–water partition coefficient (Wildman–Crippen LogP) is 4.60. The summed E-state index contributed by atoms with van der Waals surface area (Å²) < 4.78 is 5.84. The van der Waals surface area contributed by atoms with Gasteiger partial charge in [-0.25, -0.2) is 5.43 Å². The number of hydrogen-bond donors (Lipinski definition) is 2. The number of nitrogens with one attached hydrogen (secondary N) is 2. The highest BCUT2D eigenvalue weighted by Crippen LogP contribution is 2.21. The molecule has 3 aromatic carbocycles. The van der Waals surface area contributed by atoms with Crippen molar-refractivity contribution in [3.63, 3.8) is 0 Å². The van der Waals surface area contributed by atoms with E-state index in [1.54, 1.807) is 0 Å². The zero-order valence-corrected chi connectivity index (χ0v) is 12.2. The van der Waals surface area contributed by atoms with Crippen LogP contribution >= 0.6 is 0 Å². The molecule has 0 radical (unpaired) electrons. The fraction of sp³-hybridized carbons (Fsp3) is 0.0526. The Kier molecular flexibility index (Phi) is 4.70. The fourth-order valence-corrected chi connectivity index (χ4v) is 2.11. The van der Waals surface area contributed by atoms with E-state index in [-0.39, 0.29) is 0 Å². The standard InChI is InChI=1S/C19H18N2O/c1-3-9-17(10-4-1)21-20-15-16-8-7-13-19(14-16)22-18-11-5-2-6-12-18/h1-14,20-21H,15H2. The maximum Gasteiger partial charge on any atom is 0.127 e. The SMILES string of the molecule is c1ccc(NNCc2cccc(Oc3ccccc3)c2)cc1. The highest BCUT2D eigenvalue weighted by Gasteiger charge is 1.99. The summed E-state index contributed by atoms with van der Waals surface area (Å²) >= 11 is 0. The van der Waals surface area contributed by atoms with Crippen LogP contribution in [0.1, 0.15) is 5.56 Å². The lowest BCUT2D eigenvalue weighted by Gasteiger charge is -2.10. The number of benzene rings is 3. The molecule has 0 fully saturated rings. The van der Waals surface area contributed by atoms with E-state index >= 15 is 0 Å². The number of hydrogen-bond acceptors (Lipinski definition) is 3. The molecule has 3 rings (SSSR count). The maximum atomic E-state index is 5.84. The van der Waals surface area contributed by atoms with Gasteiger partial charge in [0.15, 0.2) is 0 Å². The normalized spacial score (nSPS) is 10.2. The van der Waals surface area contributed by atoms with Crippen LogP contribution in [0, 0.1) is 0 Å². The molecule has 110 valence electrons. The van der Waals surface area contributed by atoms with E-state index in [0.29, 0.717) is 6.54 Å². The zero-order chi connectivity index (χ0) is 15.0. The van der Waals surface area contributed by atoms with Gasteiger partial charge in [-0.15, -0.1) is 0 Å². The van der Waals surface area contributed by atoms with E-state index < -0.39 is 0 Å². The number of para-hydroxylation sites is 2. The highest BCUT2D eigenvalue weighted by atomic mass is 16.5. The minimum atomic E-state index is 0.709. The molecule has 22 heavy (non-hydrogen) atoms. The van der Waals surface area contributed by atoms with Gasteiger partial charge in [0.25, 0.3) is 0 Å². The van der Waals surface area contributed by atoms with Gasteiger partial charge >= 0.3 is 0 Å². The molecule has 0 aliphatic rings. The first-order valence-corrected chi connectivity index (χ1v) is 7.26. The van der Waals surface area contributed by atoms with Gasteiger partial charge < -0.3 is 10.2 Å². The van der Waals surface area contributed by atoms with Gasteiger partial charge in [-0.3, -0.25) is 0 Å². The average molecular weight is 290 g/mol. The van der Waals surface area contributed by atoms with Crippen LogP contribution in [0.3, 0.4) is 0 Å². The molecule has 0 spiro atoms. The van der Waals surface area contributed by atoms with Crippen LogP contribution in [-0.2, 0) is 6.54 Å². The van der Waals surface area contributed by atoms with E-state index in [1.165, 1.54) is 0 Å². The van der Waals surface area contributed by atoms with Crippen LogP contribution in [0.15, 0.2) is 84.9 Å². The van der Waals surface area contributed by atoms with Crippen LogP contribution in [0.4, 0.5) is 5.69 Å². The van der Waals surface area contributed by atoms with Crippen molar-refractivity contribution >= 4 is 5.69 Å². The largest absolute Gasteiger partial charge is 0.457 e. The summed E-state index contributed by atoms with van der Waals surface area (Å²) in [5, 5.41) is 0. The zero-order valence-electron chi connectivity index (χ0n) is 12.2. The lowest BCUT2D eigenvalue weighted by Crippen LogP contribution is -2.20. The second-order valence-corrected chi connectivity index (χ2v) is 4.91. The molecule has 0 aliphatic carbocycles. The Bertz CT molecular complexity index is 699. The van der Waals surface area contributed by atoms with Crippen molar-refractivity contribution in [2.24, 2.45) is 0 Å². The van der Waals surface area contributed by atoms with Crippen LogP contribution < -0.4 is 15.6 Å². The first-order chi connectivity index (χ1) is 10.9. The summed E-state index contributed by atoms with van der Waals surface area (Å²) in [5.74, 6) is 1.68. The van der Waals surface area contributed by atoms with Crippen LogP contribution in [0.5, 0.6) is 11.5 Å². The third-order valence-electron chi connectivity index (χ3n) is 3.18. The van der Waals surface area contributed by atoms with E-state index in [1.807, 2.05) is 78.9 Å². The second kappa shape index (κ2) is 7.29. The number of hydrazine groups is 1. The van der Waals surface area contributed by atoms with Gasteiger partial charge in [-0.1, -0.05) is 48.5 Å². The first kappa shape index (κ1) is 14.2. The molecule has 0 aliphatic heterocycles. The Balaban J connectivity index is 1.57. The summed E-state index contributed by atoms with van der Waals surface area (Å²) in [6, 6.07) is 27.9. The number of rotatable bonds is 6. The van der Waals surface area contributed by atoms with E-state index in [4.69, 9.17) is 4.74 Å². The third kappa shape index (κ3) is 4.11. The van der Waals surface area contributed by atoms with Crippen molar-refractivity contribution in [3.8, 4) is 11.5 Å². The summed E-state index contributed by atoms with van der Waals surface area (Å²) in [6.07, 6.45) is 0. The monoisotopic (exact) mass is 290 g/mol. The maximum absolute atomic E-state index is 5.84. The summed E-state index contributed by atoms with van der Waals surface area (Å²) in [6.45, 7) is 0.709. The number of anilines is 1. The predicted molar refractivity (Wildman–Crippen MR) is 89.9 cm³/mol. The molecule has 0 unspecified atom stereocenters. The Hall–Kier alpha value is -2.78. The second-order valence-electron chi connectivity index (χ2n) is 4.91. The molecule has 0 heterocycles. The van der Waals surface area contributed by atoms with Crippen molar-refractivity contribution in [1.82, 2.24) is 5.43 Å². The summed E-state index contributed by atoms with van der Waals surface area (Å²) in [4.78, 5) is 0. The molecule has 0 aromatic heterocycles. The van der Waals surface area contributed by atoms with Crippen LogP contribution in [0.2, 0.25) is 0 Å². The van der Waals surface area contributed by atoms with Gasteiger partial charge in [-0.05, 0) is 42.0 Å². The van der Waals surface area contributed by atoms with Gasteiger partial charge in [0, 0.05) is 12.2 Å². The van der Waals surface area contributed by atoms with Gasteiger partial charge in [-0.2, -0.15) is 0 Å². The van der Waals surface area contributed by atoms with E-state index in [2.05, 4.69) is 16.9 Å². The molecular weight excluding hydrogens is 272 g/mol. The van der Waals surface area contributed by atoms with Gasteiger partial charge in [0.2, 0.25) is 0 Å². The Morgan fingerprint density at radius 2 is 1.36 bits per heavy atom. The molecule has 3 heteroatoms. The Morgan fingerprint density at radius 1 is 0.682 bits per heavy atom. The molecule has 0 saturated carbocycles. The van der Waals surface area contributed by atoms with Crippen molar-refractivity contribution in [3.05, 3.63) is 90.5 Å². The highest BCUT2D eigenvalue weighted by molar-refractivity contribution is 5.41. The molecule has 0 bridgehead atoms. The van der Waals surface area contributed by atoms with Crippen molar-refractivity contribution in [1.29, 1.82) is 0 Å². The van der Waals surface area contributed by atoms with E-state index in [9.17, 15) is 0 Å². The van der Waals surface area contributed by atoms with Crippen molar-refractivity contribution in [2.45, 2.75) is 6.54 Å². The average Bonchev–Trinajstić information content (AvgIpc) is 2.57. The van der Waals surface area contributed by atoms with Crippen molar-refractivity contribution in [2.75, 3.05) is 5.43 Å². The molecule has 3 aromatic rings.